The summed E-state index contributed by atoms with van der Waals surface area (Å²) in [5.74, 6) is 3.54. The third kappa shape index (κ3) is 4.42. The van der Waals surface area contributed by atoms with Gasteiger partial charge in [-0.15, -0.1) is 0 Å². The van der Waals surface area contributed by atoms with Gasteiger partial charge in [0.1, 0.15) is 17.5 Å². The Balaban J connectivity index is 1.04. The van der Waals surface area contributed by atoms with Crippen molar-refractivity contribution in [3.05, 3.63) is 137 Å². The van der Waals surface area contributed by atoms with Gasteiger partial charge < -0.3 is 14.2 Å². The summed E-state index contributed by atoms with van der Waals surface area (Å²) in [6.45, 7) is 2.69. The van der Waals surface area contributed by atoms with Crippen LogP contribution in [0.3, 0.4) is 0 Å². The van der Waals surface area contributed by atoms with Crippen molar-refractivity contribution in [1.82, 2.24) is 9.80 Å². The molecule has 0 saturated heterocycles. The topological polar surface area (TPSA) is 19.6 Å². The molecule has 0 radical (unpaired) electrons. The highest BCUT2D eigenvalue weighted by Crippen LogP contribution is 2.72. The number of hydrogen-bond acceptors (Lipinski definition) is 3. The fourth-order valence-corrected chi connectivity index (χ4v) is 13.2. The number of hydrogen-bond donors (Lipinski definition) is 0. The molecule has 52 heavy (non-hydrogen) atoms. The van der Waals surface area contributed by atoms with Crippen molar-refractivity contribution in [1.29, 1.82) is 0 Å². The molecule has 4 heteroatoms. The highest BCUT2D eigenvalue weighted by molar-refractivity contribution is 5.86. The molecule has 3 nitrogen and oxygen atoms in total. The number of rotatable bonds is 4. The zero-order valence-corrected chi connectivity index (χ0v) is 30.5. The largest absolute Gasteiger partial charge is 0.456 e. The fourth-order valence-electron chi connectivity index (χ4n) is 13.2. The summed E-state index contributed by atoms with van der Waals surface area (Å²) < 4.78 is 20.8. The molecule has 1 aromatic heterocycles. The average Bonchev–Trinajstić information content (AvgIpc) is 3.95. The summed E-state index contributed by atoms with van der Waals surface area (Å²) >= 11 is 0. The number of para-hydroxylation sites is 1. The molecule has 8 atom stereocenters. The van der Waals surface area contributed by atoms with Crippen LogP contribution in [0.15, 0.2) is 130 Å². The van der Waals surface area contributed by atoms with E-state index in [1.54, 1.807) is 6.08 Å². The van der Waals surface area contributed by atoms with Crippen LogP contribution < -0.4 is 0 Å². The number of halogens is 1. The van der Waals surface area contributed by atoms with Crippen LogP contribution in [0.4, 0.5) is 4.39 Å². The minimum absolute atomic E-state index is 0.164. The molecule has 2 aromatic rings. The Labute approximate surface area is 308 Å². The summed E-state index contributed by atoms with van der Waals surface area (Å²) in [5.41, 5.74) is 9.98. The van der Waals surface area contributed by atoms with E-state index < -0.39 is 6.17 Å². The minimum atomic E-state index is -0.887. The molecular formula is C48H51FN2O. The molecule has 9 aliphatic rings. The van der Waals surface area contributed by atoms with E-state index >= 15 is 0 Å². The Morgan fingerprint density at radius 1 is 0.923 bits per heavy atom. The second-order valence-corrected chi connectivity index (χ2v) is 17.6. The van der Waals surface area contributed by atoms with E-state index in [2.05, 4.69) is 108 Å². The van der Waals surface area contributed by atoms with E-state index in [1.807, 2.05) is 6.08 Å². The van der Waals surface area contributed by atoms with Crippen molar-refractivity contribution >= 4 is 17.0 Å². The average molecular weight is 691 g/mol. The molecule has 2 heterocycles. The van der Waals surface area contributed by atoms with Gasteiger partial charge in [-0.3, -0.25) is 0 Å². The van der Waals surface area contributed by atoms with E-state index in [9.17, 15) is 4.39 Å². The van der Waals surface area contributed by atoms with Gasteiger partial charge in [0.15, 0.2) is 0 Å². The molecule has 1 spiro atoms. The lowest BCUT2D eigenvalue weighted by atomic mass is 9.61. The van der Waals surface area contributed by atoms with E-state index in [0.29, 0.717) is 23.2 Å². The maximum absolute atomic E-state index is 14.2. The molecule has 8 aliphatic carbocycles. The highest BCUT2D eigenvalue weighted by atomic mass is 19.1. The summed E-state index contributed by atoms with van der Waals surface area (Å²) in [7, 11) is 0. The molecule has 0 bridgehead atoms. The van der Waals surface area contributed by atoms with E-state index in [1.165, 1.54) is 78.6 Å². The van der Waals surface area contributed by atoms with Gasteiger partial charge >= 0.3 is 0 Å². The molecule has 8 unspecified atom stereocenters. The first-order valence-electron chi connectivity index (χ1n) is 20.5. The maximum Gasteiger partial charge on any atom is 0.135 e. The van der Waals surface area contributed by atoms with Gasteiger partial charge in [-0.1, -0.05) is 86.6 Å². The second-order valence-electron chi connectivity index (χ2n) is 17.6. The Morgan fingerprint density at radius 3 is 2.71 bits per heavy atom. The van der Waals surface area contributed by atoms with Gasteiger partial charge in [0.2, 0.25) is 0 Å². The Morgan fingerprint density at radius 2 is 1.83 bits per heavy atom. The van der Waals surface area contributed by atoms with Gasteiger partial charge in [-0.2, -0.15) is 0 Å². The molecule has 0 N–H and O–H groups in total. The van der Waals surface area contributed by atoms with Crippen LogP contribution in [-0.2, 0) is 0 Å². The van der Waals surface area contributed by atoms with Crippen LogP contribution in [0.5, 0.6) is 0 Å². The number of alkyl halides is 1. The molecule has 2 saturated carbocycles. The van der Waals surface area contributed by atoms with Gasteiger partial charge in [-0.25, -0.2) is 4.39 Å². The summed E-state index contributed by atoms with van der Waals surface area (Å²) in [6.07, 6.45) is 43.7. The van der Waals surface area contributed by atoms with Gasteiger partial charge in [0, 0.05) is 46.1 Å². The van der Waals surface area contributed by atoms with Gasteiger partial charge in [0.05, 0.1) is 12.1 Å². The third-order valence-corrected chi connectivity index (χ3v) is 15.3. The van der Waals surface area contributed by atoms with Gasteiger partial charge in [0.25, 0.3) is 0 Å². The Kier molecular flexibility index (Phi) is 7.10. The standard InChI is InChI=1S/C48H51FN2O/c1-47-28-25-34(30-45(47)48(26-8-9-27-48)39-14-5-4-13-38(39)47)50(42-16-10-18-44-46(42)36-12-3-7-17-43(36)52-44)33-23-24-41-37(29-33)35-11-2-6-15-40(35)51(41)32-21-19-31(49)20-22-32/h3,5-7,10,12,14-15,17-19,21-25,29,31,37-39,41-42,45H,2,4,8-9,11,13,16,20,26-28,30H2,1H3. The van der Waals surface area contributed by atoms with Crippen molar-refractivity contribution < 1.29 is 8.81 Å². The van der Waals surface area contributed by atoms with Crippen LogP contribution in [-0.4, -0.2) is 22.0 Å². The first-order valence-corrected chi connectivity index (χ1v) is 20.5. The zero-order valence-electron chi connectivity index (χ0n) is 30.5. The molecular weight excluding hydrogens is 640 g/mol. The number of nitrogens with zero attached hydrogens (tertiary/aromatic N) is 2. The molecule has 266 valence electrons. The molecule has 1 aromatic carbocycles. The zero-order chi connectivity index (χ0) is 34.6. The van der Waals surface area contributed by atoms with Gasteiger partial charge in [-0.05, 0) is 128 Å². The van der Waals surface area contributed by atoms with Crippen molar-refractivity contribution in [3.8, 4) is 0 Å². The van der Waals surface area contributed by atoms with Crippen molar-refractivity contribution in [3.63, 3.8) is 0 Å². The predicted molar refractivity (Wildman–Crippen MR) is 208 cm³/mol. The number of allylic oxidation sites excluding steroid dienone is 10. The maximum atomic E-state index is 14.2. The normalized spacial score (nSPS) is 36.4. The molecule has 0 amide bonds. The first kappa shape index (κ1) is 31.5. The Bertz CT molecular complexity index is 2110. The summed E-state index contributed by atoms with van der Waals surface area (Å²) in [4.78, 5) is 5.30. The lowest BCUT2D eigenvalue weighted by molar-refractivity contribution is 0.0751. The summed E-state index contributed by atoms with van der Waals surface area (Å²) in [6, 6.07) is 9.04. The van der Waals surface area contributed by atoms with Crippen LogP contribution >= 0.6 is 0 Å². The fraction of sp³-hybridized carbons (Fsp3) is 0.458. The lowest BCUT2D eigenvalue weighted by Crippen LogP contribution is -2.41. The minimum Gasteiger partial charge on any atom is -0.456 e. The van der Waals surface area contributed by atoms with Crippen molar-refractivity contribution in [2.75, 3.05) is 0 Å². The Hall–Kier alpha value is -4.05. The van der Waals surface area contributed by atoms with Crippen LogP contribution in [0.2, 0.25) is 0 Å². The first-order chi connectivity index (χ1) is 25.5. The smallest absolute Gasteiger partial charge is 0.135 e. The molecule has 1 aliphatic heterocycles. The van der Waals surface area contributed by atoms with E-state index in [4.69, 9.17) is 4.42 Å². The van der Waals surface area contributed by atoms with Crippen LogP contribution in [0.1, 0.15) is 101 Å². The molecule has 11 rings (SSSR count). The monoisotopic (exact) mass is 690 g/mol. The summed E-state index contributed by atoms with van der Waals surface area (Å²) in [5, 5.41) is 1.25. The highest BCUT2D eigenvalue weighted by Gasteiger charge is 2.65. The number of benzene rings is 1. The van der Waals surface area contributed by atoms with E-state index in [-0.39, 0.29) is 18.0 Å². The second kappa shape index (κ2) is 11.7. The van der Waals surface area contributed by atoms with Crippen molar-refractivity contribution in [2.45, 2.75) is 102 Å². The van der Waals surface area contributed by atoms with Crippen molar-refractivity contribution in [2.24, 2.45) is 34.5 Å². The quantitative estimate of drug-likeness (QED) is 0.298. The third-order valence-electron chi connectivity index (χ3n) is 15.3. The van der Waals surface area contributed by atoms with Crippen LogP contribution in [0, 0.1) is 34.5 Å². The van der Waals surface area contributed by atoms with Crippen LogP contribution in [0.25, 0.3) is 17.0 Å². The molecule has 2 fully saturated rings. The number of fused-ring (bicyclic) bond motifs is 10. The van der Waals surface area contributed by atoms with E-state index in [0.717, 1.165) is 54.6 Å². The lowest BCUT2D eigenvalue weighted by Gasteiger charge is -2.48. The number of furan rings is 1. The SMILES string of the molecule is CC12CC=C(N(C3=CC4C5=C(C=CCC5)N(C5=CCC(F)C=C5)C4C=C3)C3CC=Cc4oc5ccccc5c43)CC1C1(CCCC1)C1C=CCCC12. The predicted octanol–water partition coefficient (Wildman–Crippen LogP) is 12.2.